The third-order valence-electron chi connectivity index (χ3n) is 2.43. The van der Waals surface area contributed by atoms with Crippen molar-refractivity contribution >= 4 is 45.5 Å². The zero-order valence-electron chi connectivity index (χ0n) is 9.77. The minimum Gasteiger partial charge on any atom is -0.483 e. The van der Waals surface area contributed by atoms with E-state index in [-0.39, 0.29) is 12.1 Å². The Morgan fingerprint density at radius 3 is 2.39 bits per heavy atom. The Labute approximate surface area is 129 Å². The Kier molecular flexibility index (Phi) is 4.89. The topological polar surface area (TPSA) is 35.2 Å². The molecule has 1 heterocycles. The second kappa shape index (κ2) is 6.23. The molecule has 2 atom stereocenters. The largest absolute Gasteiger partial charge is 0.483 e. The van der Waals surface area contributed by atoms with Gasteiger partial charge in [-0.1, -0.05) is 11.6 Å². The lowest BCUT2D eigenvalue weighted by molar-refractivity contribution is 0.184. The molecular formula is C13H13ClINOS. The summed E-state index contributed by atoms with van der Waals surface area (Å²) in [7, 11) is 0. The van der Waals surface area contributed by atoms with Crippen molar-refractivity contribution in [1.82, 2.24) is 0 Å². The van der Waals surface area contributed by atoms with Crippen LogP contribution in [0, 0.1) is 3.57 Å². The van der Waals surface area contributed by atoms with E-state index in [1.807, 2.05) is 43.3 Å². The van der Waals surface area contributed by atoms with Gasteiger partial charge in [0.25, 0.3) is 0 Å². The second-order valence-corrected chi connectivity index (χ2v) is 6.99. The Balaban J connectivity index is 2.19. The molecule has 0 bridgehead atoms. The lowest BCUT2D eigenvalue weighted by atomic mass is 10.1. The summed E-state index contributed by atoms with van der Waals surface area (Å²) in [5.74, 6) is 0.822. The Hall–Kier alpha value is -0.300. The third-order valence-corrected chi connectivity index (χ3v) is 4.44. The van der Waals surface area contributed by atoms with Crippen LogP contribution in [-0.4, -0.2) is 6.04 Å². The van der Waals surface area contributed by atoms with E-state index in [0.29, 0.717) is 0 Å². The highest BCUT2D eigenvalue weighted by atomic mass is 127. The van der Waals surface area contributed by atoms with Crippen LogP contribution in [0.1, 0.15) is 17.9 Å². The summed E-state index contributed by atoms with van der Waals surface area (Å²) in [5, 5.41) is 0. The highest BCUT2D eigenvalue weighted by Gasteiger charge is 2.20. The summed E-state index contributed by atoms with van der Waals surface area (Å²) >= 11 is 9.72. The van der Waals surface area contributed by atoms with Gasteiger partial charge in [0.05, 0.1) is 4.34 Å². The van der Waals surface area contributed by atoms with Crippen molar-refractivity contribution in [2.75, 3.05) is 0 Å². The van der Waals surface area contributed by atoms with Crippen LogP contribution in [-0.2, 0) is 0 Å². The standard InChI is InChI=1S/C13H13ClINOS/c1-8(16)13(11-6-7-12(14)18-11)17-10-4-2-9(15)3-5-10/h2-8,13H,16H2,1H3. The molecule has 1 aromatic heterocycles. The van der Waals surface area contributed by atoms with Crippen molar-refractivity contribution in [3.63, 3.8) is 0 Å². The molecule has 96 valence electrons. The molecule has 0 saturated carbocycles. The van der Waals surface area contributed by atoms with Gasteiger partial charge in [-0.3, -0.25) is 0 Å². The lowest BCUT2D eigenvalue weighted by Gasteiger charge is -2.21. The number of nitrogens with two attached hydrogens (primary N) is 1. The van der Waals surface area contributed by atoms with Gasteiger partial charge in [0.15, 0.2) is 0 Å². The van der Waals surface area contributed by atoms with Crippen molar-refractivity contribution in [2.45, 2.75) is 19.1 Å². The predicted molar refractivity (Wildman–Crippen MR) is 85.5 cm³/mol. The summed E-state index contributed by atoms with van der Waals surface area (Å²) in [4.78, 5) is 1.05. The van der Waals surface area contributed by atoms with Crippen LogP contribution < -0.4 is 10.5 Å². The van der Waals surface area contributed by atoms with Crippen LogP contribution in [0.4, 0.5) is 0 Å². The predicted octanol–water partition coefficient (Wildman–Crippen LogP) is 4.47. The van der Waals surface area contributed by atoms with E-state index in [1.165, 1.54) is 14.9 Å². The zero-order chi connectivity index (χ0) is 13.1. The van der Waals surface area contributed by atoms with Gasteiger partial charge in [-0.25, -0.2) is 0 Å². The van der Waals surface area contributed by atoms with Crippen molar-refractivity contribution in [2.24, 2.45) is 5.73 Å². The number of hydrogen-bond donors (Lipinski definition) is 1. The molecule has 0 radical (unpaired) electrons. The number of thiophene rings is 1. The van der Waals surface area contributed by atoms with Crippen LogP contribution >= 0.6 is 45.5 Å². The van der Waals surface area contributed by atoms with E-state index in [2.05, 4.69) is 22.6 Å². The van der Waals surface area contributed by atoms with Gasteiger partial charge in [-0.05, 0) is 65.9 Å². The molecule has 0 saturated heterocycles. The quantitative estimate of drug-likeness (QED) is 0.778. The van der Waals surface area contributed by atoms with Crippen LogP contribution in [0.25, 0.3) is 0 Å². The second-order valence-electron chi connectivity index (χ2n) is 3.99. The van der Waals surface area contributed by atoms with Crippen LogP contribution in [0.15, 0.2) is 36.4 Å². The molecule has 0 fully saturated rings. The molecule has 5 heteroatoms. The number of halogens is 2. The smallest absolute Gasteiger partial charge is 0.148 e. The molecule has 2 N–H and O–H groups in total. The molecule has 18 heavy (non-hydrogen) atoms. The monoisotopic (exact) mass is 393 g/mol. The van der Waals surface area contributed by atoms with Gasteiger partial charge >= 0.3 is 0 Å². The first-order valence-electron chi connectivity index (χ1n) is 5.49. The summed E-state index contributed by atoms with van der Waals surface area (Å²) < 4.78 is 7.88. The maximum absolute atomic E-state index is 5.99. The van der Waals surface area contributed by atoms with E-state index in [1.54, 1.807) is 0 Å². The summed E-state index contributed by atoms with van der Waals surface area (Å²) in [6, 6.07) is 11.7. The van der Waals surface area contributed by atoms with Crippen molar-refractivity contribution in [1.29, 1.82) is 0 Å². The van der Waals surface area contributed by atoms with Crippen LogP contribution in [0.5, 0.6) is 5.75 Å². The van der Waals surface area contributed by atoms with Gasteiger partial charge < -0.3 is 10.5 Å². The summed E-state index contributed by atoms with van der Waals surface area (Å²) in [6.07, 6.45) is -0.164. The van der Waals surface area contributed by atoms with Gasteiger partial charge in [0.2, 0.25) is 0 Å². The fraction of sp³-hybridized carbons (Fsp3) is 0.231. The van der Waals surface area contributed by atoms with Gasteiger partial charge in [-0.15, -0.1) is 11.3 Å². The van der Waals surface area contributed by atoms with Crippen molar-refractivity contribution in [3.8, 4) is 5.75 Å². The zero-order valence-corrected chi connectivity index (χ0v) is 13.5. The number of ether oxygens (including phenoxy) is 1. The van der Waals surface area contributed by atoms with Gasteiger partial charge in [-0.2, -0.15) is 0 Å². The molecule has 2 unspecified atom stereocenters. The van der Waals surface area contributed by atoms with Crippen molar-refractivity contribution in [3.05, 3.63) is 49.2 Å². The van der Waals surface area contributed by atoms with Crippen LogP contribution in [0.3, 0.4) is 0 Å². The molecule has 0 spiro atoms. The first-order chi connectivity index (χ1) is 8.56. The maximum Gasteiger partial charge on any atom is 0.148 e. The molecule has 0 aliphatic rings. The molecule has 2 nitrogen and oxygen atoms in total. The summed E-state index contributed by atoms with van der Waals surface area (Å²) in [5.41, 5.74) is 5.99. The maximum atomic E-state index is 5.99. The number of benzene rings is 1. The number of rotatable bonds is 4. The average Bonchev–Trinajstić information content (AvgIpc) is 2.74. The SMILES string of the molecule is CC(N)C(Oc1ccc(I)cc1)c1ccc(Cl)s1. The van der Waals surface area contributed by atoms with E-state index in [4.69, 9.17) is 22.1 Å². The molecule has 0 aliphatic heterocycles. The minimum absolute atomic E-state index is 0.0982. The lowest BCUT2D eigenvalue weighted by Crippen LogP contribution is -2.28. The average molecular weight is 394 g/mol. The first-order valence-corrected chi connectivity index (χ1v) is 7.76. The normalized spacial score (nSPS) is 14.2. The van der Waals surface area contributed by atoms with Crippen molar-refractivity contribution < 1.29 is 4.74 Å². The highest BCUT2D eigenvalue weighted by molar-refractivity contribution is 14.1. The minimum atomic E-state index is -0.164. The van der Waals surface area contributed by atoms with E-state index in [9.17, 15) is 0 Å². The molecule has 2 aromatic rings. The molecule has 0 aliphatic carbocycles. The van der Waals surface area contributed by atoms with E-state index < -0.39 is 0 Å². The highest BCUT2D eigenvalue weighted by Crippen LogP contribution is 2.31. The molecular weight excluding hydrogens is 381 g/mol. The van der Waals surface area contributed by atoms with Gasteiger partial charge in [0, 0.05) is 14.5 Å². The molecule has 2 rings (SSSR count). The Morgan fingerprint density at radius 2 is 1.89 bits per heavy atom. The number of hydrogen-bond acceptors (Lipinski definition) is 3. The first kappa shape index (κ1) is 14.1. The fourth-order valence-electron chi connectivity index (χ4n) is 1.57. The Bertz CT molecular complexity index is 512. The molecule has 0 amide bonds. The third kappa shape index (κ3) is 3.60. The molecule has 1 aromatic carbocycles. The van der Waals surface area contributed by atoms with E-state index in [0.717, 1.165) is 15.0 Å². The Morgan fingerprint density at radius 1 is 1.22 bits per heavy atom. The van der Waals surface area contributed by atoms with Gasteiger partial charge in [0.1, 0.15) is 11.9 Å². The van der Waals surface area contributed by atoms with Crippen LogP contribution in [0.2, 0.25) is 4.34 Å². The fourth-order valence-corrected chi connectivity index (χ4v) is 3.13. The summed E-state index contributed by atoms with van der Waals surface area (Å²) in [6.45, 7) is 1.94. The van der Waals surface area contributed by atoms with E-state index >= 15 is 0 Å².